The molecule has 1 aromatic heterocycles. The van der Waals surface area contributed by atoms with Gasteiger partial charge in [0.05, 0.1) is 21.4 Å². The average Bonchev–Trinajstić information content (AvgIpc) is 3.13. The summed E-state index contributed by atoms with van der Waals surface area (Å²) in [4.78, 5) is 48.2. The molecular weight excluding hydrogens is 468 g/mol. The van der Waals surface area contributed by atoms with Crippen LogP contribution in [0.5, 0.6) is 0 Å². The van der Waals surface area contributed by atoms with Crippen molar-refractivity contribution >= 4 is 38.5 Å². The van der Waals surface area contributed by atoms with Crippen LogP contribution in [0, 0.1) is 10.1 Å². The number of rotatable bonds is 6. The van der Waals surface area contributed by atoms with E-state index in [9.17, 15) is 32.9 Å². The lowest BCUT2D eigenvalue weighted by atomic mass is 10.2. The molecule has 0 saturated carbocycles. The summed E-state index contributed by atoms with van der Waals surface area (Å²) in [5.41, 5.74) is 0.414. The van der Waals surface area contributed by atoms with Crippen molar-refractivity contribution in [2.75, 3.05) is 26.2 Å². The number of amides is 1. The van der Waals surface area contributed by atoms with Crippen molar-refractivity contribution < 1.29 is 27.3 Å². The van der Waals surface area contributed by atoms with E-state index in [1.807, 2.05) is 0 Å². The van der Waals surface area contributed by atoms with Crippen molar-refractivity contribution in [2.24, 2.45) is 0 Å². The Labute approximate surface area is 193 Å². The Morgan fingerprint density at radius 2 is 1.71 bits per heavy atom. The van der Waals surface area contributed by atoms with Crippen LogP contribution in [-0.4, -0.2) is 65.0 Å². The number of carbonyl (C=O) groups is 2. The monoisotopic (exact) mass is 488 g/mol. The van der Waals surface area contributed by atoms with Gasteiger partial charge in [0, 0.05) is 37.8 Å². The van der Waals surface area contributed by atoms with E-state index in [4.69, 9.17) is 4.42 Å². The summed E-state index contributed by atoms with van der Waals surface area (Å²) < 4.78 is 33.2. The highest BCUT2D eigenvalue weighted by Gasteiger charge is 2.30. The van der Waals surface area contributed by atoms with Crippen LogP contribution in [0.4, 0.5) is 5.69 Å². The van der Waals surface area contributed by atoms with E-state index >= 15 is 0 Å². The fourth-order valence-electron chi connectivity index (χ4n) is 3.74. The number of nitro benzene ring substituents is 1. The molecule has 0 aliphatic carbocycles. The van der Waals surface area contributed by atoms with E-state index < -0.39 is 26.6 Å². The highest BCUT2D eigenvalue weighted by atomic mass is 32.2. The maximum atomic E-state index is 12.9. The fraction of sp³-hybridized carbons (Fsp3) is 0.286. The molecule has 12 nitrogen and oxygen atoms in total. The first kappa shape index (κ1) is 23.3. The second kappa shape index (κ2) is 8.83. The molecule has 1 amide bonds. The summed E-state index contributed by atoms with van der Waals surface area (Å²) in [6.45, 7) is 1.43. The molecular formula is C21H20N4O8S. The third kappa shape index (κ3) is 4.34. The number of benzene rings is 2. The number of hydrogen-bond acceptors (Lipinski definition) is 8. The van der Waals surface area contributed by atoms with Gasteiger partial charge in [0.2, 0.25) is 15.9 Å². The summed E-state index contributed by atoms with van der Waals surface area (Å²) in [5.74, 6) is -1.40. The molecule has 3 aromatic rings. The van der Waals surface area contributed by atoms with Crippen molar-refractivity contribution in [1.82, 2.24) is 13.8 Å². The smallest absolute Gasteiger partial charge is 0.407 e. The summed E-state index contributed by atoms with van der Waals surface area (Å²) in [7, 11) is -3.79. The number of hydrogen-bond donors (Lipinski definition) is 0. The Morgan fingerprint density at radius 3 is 2.29 bits per heavy atom. The van der Waals surface area contributed by atoms with Crippen molar-refractivity contribution in [2.45, 2.75) is 18.4 Å². The van der Waals surface area contributed by atoms with Gasteiger partial charge in [-0.15, -0.1) is 0 Å². The van der Waals surface area contributed by atoms with Gasteiger partial charge in [-0.2, -0.15) is 4.31 Å². The van der Waals surface area contributed by atoms with Gasteiger partial charge >= 0.3 is 5.76 Å². The number of ketones is 1. The summed E-state index contributed by atoms with van der Waals surface area (Å²) >= 11 is 0. The Bertz CT molecular complexity index is 1450. The van der Waals surface area contributed by atoms with E-state index in [1.54, 1.807) is 0 Å². The van der Waals surface area contributed by atoms with Gasteiger partial charge in [-0.3, -0.25) is 24.3 Å². The largest absolute Gasteiger partial charge is 0.420 e. The second-order valence-electron chi connectivity index (χ2n) is 7.73. The molecule has 0 unspecified atom stereocenters. The molecule has 1 aliphatic rings. The SMILES string of the molecule is CC(=O)c1ccc(S(=O)(=O)N2CCN(C(=O)Cn3c(=O)oc4cc([N+](=O)[O-])ccc43)CC2)cc1. The number of carbonyl (C=O) groups excluding carboxylic acids is 2. The van der Waals surface area contributed by atoms with Crippen LogP contribution >= 0.6 is 0 Å². The summed E-state index contributed by atoms with van der Waals surface area (Å²) in [6.07, 6.45) is 0. The molecule has 0 spiro atoms. The molecule has 0 atom stereocenters. The molecule has 1 saturated heterocycles. The number of oxazole rings is 1. The molecule has 34 heavy (non-hydrogen) atoms. The van der Waals surface area contributed by atoms with Crippen molar-refractivity contribution in [3.05, 3.63) is 68.7 Å². The van der Waals surface area contributed by atoms with Crippen molar-refractivity contribution in [1.29, 1.82) is 0 Å². The lowest BCUT2D eigenvalue weighted by Gasteiger charge is -2.34. The number of non-ortho nitro benzene ring substituents is 1. The van der Waals surface area contributed by atoms with Crippen LogP contribution in [0.3, 0.4) is 0 Å². The fourth-order valence-corrected chi connectivity index (χ4v) is 5.16. The maximum absolute atomic E-state index is 12.9. The van der Waals surface area contributed by atoms with Gasteiger partial charge < -0.3 is 9.32 Å². The number of aromatic nitrogens is 1. The van der Waals surface area contributed by atoms with Crippen LogP contribution in [0.1, 0.15) is 17.3 Å². The van der Waals surface area contributed by atoms with Gasteiger partial charge in [0.1, 0.15) is 6.54 Å². The normalized spacial score (nSPS) is 14.9. The second-order valence-corrected chi connectivity index (χ2v) is 9.67. The molecule has 2 aromatic carbocycles. The lowest BCUT2D eigenvalue weighted by molar-refractivity contribution is -0.384. The van der Waals surface area contributed by atoms with Crippen LogP contribution < -0.4 is 5.76 Å². The minimum atomic E-state index is -3.79. The van der Waals surface area contributed by atoms with Gasteiger partial charge in [0.25, 0.3) is 5.69 Å². The van der Waals surface area contributed by atoms with E-state index in [2.05, 4.69) is 0 Å². The predicted molar refractivity (Wildman–Crippen MR) is 119 cm³/mol. The molecule has 1 aliphatic heterocycles. The van der Waals surface area contributed by atoms with Crippen LogP contribution in [0.15, 0.2) is 56.6 Å². The number of Topliss-reactive ketones (excluding diaryl/α,β-unsaturated/α-hetero) is 1. The zero-order valence-corrected chi connectivity index (χ0v) is 18.9. The first-order valence-electron chi connectivity index (χ1n) is 10.2. The number of nitro groups is 1. The lowest BCUT2D eigenvalue weighted by Crippen LogP contribution is -2.51. The van der Waals surface area contributed by atoms with Gasteiger partial charge in [-0.05, 0) is 25.1 Å². The molecule has 2 heterocycles. The predicted octanol–water partition coefficient (Wildman–Crippen LogP) is 1.24. The first-order chi connectivity index (χ1) is 16.1. The summed E-state index contributed by atoms with van der Waals surface area (Å²) in [6, 6.07) is 9.34. The van der Waals surface area contributed by atoms with Crippen LogP contribution in [-0.2, 0) is 21.4 Å². The standard InChI is InChI=1S/C21H20N4O8S/c1-14(26)15-2-5-17(6-3-15)34(31,32)23-10-8-22(9-11-23)20(27)13-24-18-7-4-16(25(29)30)12-19(18)33-21(24)28/h2-7,12H,8-11,13H2,1H3. The van der Waals surface area contributed by atoms with E-state index in [-0.39, 0.29) is 60.2 Å². The first-order valence-corrected chi connectivity index (χ1v) is 11.7. The Balaban J connectivity index is 1.44. The third-order valence-electron chi connectivity index (χ3n) is 5.65. The minimum absolute atomic E-state index is 0.00120. The molecule has 1 fully saturated rings. The van der Waals surface area contributed by atoms with Crippen LogP contribution in [0.25, 0.3) is 11.1 Å². The van der Waals surface area contributed by atoms with E-state index in [0.29, 0.717) is 5.56 Å². The molecule has 13 heteroatoms. The van der Waals surface area contributed by atoms with Crippen LogP contribution in [0.2, 0.25) is 0 Å². The van der Waals surface area contributed by atoms with E-state index in [1.165, 1.54) is 52.5 Å². The number of fused-ring (bicyclic) bond motifs is 1. The average molecular weight is 488 g/mol. The molecule has 0 N–H and O–H groups in total. The number of piperazine rings is 1. The highest BCUT2D eigenvalue weighted by Crippen LogP contribution is 2.21. The Kier molecular flexibility index (Phi) is 6.06. The zero-order chi connectivity index (χ0) is 24.6. The van der Waals surface area contributed by atoms with Gasteiger partial charge in [-0.25, -0.2) is 13.2 Å². The van der Waals surface area contributed by atoms with E-state index in [0.717, 1.165) is 10.6 Å². The van der Waals surface area contributed by atoms with Crippen molar-refractivity contribution in [3.8, 4) is 0 Å². The Hall–Kier alpha value is -3.84. The summed E-state index contributed by atoms with van der Waals surface area (Å²) in [5, 5.41) is 10.9. The third-order valence-corrected chi connectivity index (χ3v) is 7.56. The highest BCUT2D eigenvalue weighted by molar-refractivity contribution is 7.89. The molecule has 178 valence electrons. The molecule has 0 radical (unpaired) electrons. The van der Waals surface area contributed by atoms with Gasteiger partial charge in [-0.1, -0.05) is 12.1 Å². The van der Waals surface area contributed by atoms with Crippen molar-refractivity contribution in [3.63, 3.8) is 0 Å². The zero-order valence-electron chi connectivity index (χ0n) is 18.0. The molecule has 4 rings (SSSR count). The number of nitrogens with zero attached hydrogens (tertiary/aromatic N) is 4. The topological polar surface area (TPSA) is 153 Å². The van der Waals surface area contributed by atoms with Gasteiger partial charge in [0.15, 0.2) is 11.4 Å². The Morgan fingerprint density at radius 1 is 1.06 bits per heavy atom. The maximum Gasteiger partial charge on any atom is 0.420 e. The minimum Gasteiger partial charge on any atom is -0.407 e. The molecule has 0 bridgehead atoms. The quantitative estimate of drug-likeness (QED) is 0.285. The number of sulfonamides is 1.